The van der Waals surface area contributed by atoms with Gasteiger partial charge in [0, 0.05) is 30.2 Å². The molecule has 0 spiro atoms. The van der Waals surface area contributed by atoms with Gasteiger partial charge >= 0.3 is 11.7 Å². The zero-order chi connectivity index (χ0) is 25.1. The van der Waals surface area contributed by atoms with Crippen LogP contribution in [-0.4, -0.2) is 22.1 Å². The number of ketones is 1. The van der Waals surface area contributed by atoms with E-state index in [1.807, 2.05) is 6.07 Å². The lowest BCUT2D eigenvalue weighted by Gasteiger charge is -2.11. The third-order valence-electron chi connectivity index (χ3n) is 5.43. The first-order chi connectivity index (χ1) is 16.2. The number of unbranched alkanes of at least 4 members (excludes halogenated alkanes) is 3. The molecule has 1 unspecified atom stereocenters. The van der Waals surface area contributed by atoms with Crippen LogP contribution >= 0.6 is 0 Å². The lowest BCUT2D eigenvalue weighted by atomic mass is 10.00. The molecule has 0 saturated heterocycles. The molecule has 0 fully saturated rings. The fourth-order valence-electron chi connectivity index (χ4n) is 3.46. The molecule has 1 atom stereocenters. The number of aryl methyl sites for hydroxylation is 1. The fraction of sp³-hybridized carbons (Fsp3) is 0.423. The molecular weight excluding hydrogens is 438 g/mol. The average molecular weight is 472 g/mol. The molecule has 2 aromatic heterocycles. The predicted octanol–water partition coefficient (Wildman–Crippen LogP) is 6.01. The molecule has 2 rings (SSSR count). The lowest BCUT2D eigenvalue weighted by Crippen LogP contribution is -2.16. The molecule has 0 aliphatic rings. The Balaban J connectivity index is 2.06. The molecular formula is C26H33NO7. The molecule has 0 radical (unpaired) electrons. The first kappa shape index (κ1) is 26.7. The van der Waals surface area contributed by atoms with Gasteiger partial charge in [0.2, 0.25) is 0 Å². The Kier molecular flexibility index (Phi) is 10.4. The van der Waals surface area contributed by atoms with Crippen molar-refractivity contribution >= 4 is 18.0 Å². The Bertz CT molecular complexity index is 1090. The highest BCUT2D eigenvalue weighted by Crippen LogP contribution is 2.26. The van der Waals surface area contributed by atoms with Crippen LogP contribution in [0.25, 0.3) is 6.08 Å². The van der Waals surface area contributed by atoms with Crippen LogP contribution in [0.2, 0.25) is 0 Å². The number of Topliss-reactive ketones (excluding diaryl/α,β-unsaturated/α-hetero) is 1. The Morgan fingerprint density at radius 1 is 1.18 bits per heavy atom. The van der Waals surface area contributed by atoms with Gasteiger partial charge in [-0.15, -0.1) is 0 Å². The first-order valence-corrected chi connectivity index (χ1v) is 11.6. The van der Waals surface area contributed by atoms with Crippen LogP contribution in [0.4, 0.5) is 4.79 Å². The summed E-state index contributed by atoms with van der Waals surface area (Å²) in [6.45, 7) is 5.52. The standard InChI is InChI=1S/C26H33NO7/c1-4-5-6-7-11-19-12-13-20(33-19)15-18(3)24(29)23-21(28)16-22(34-25(23)30)17(2)10-8-9-14-27-26(31)32/h9,12-17,27-28H,4-8,10-11H2,1-3H3,(H,31,32)/b14-9?,18-15+. The topological polar surface area (TPSA) is 130 Å². The molecule has 0 saturated carbocycles. The maximum Gasteiger partial charge on any atom is 0.408 e. The van der Waals surface area contributed by atoms with E-state index in [1.54, 1.807) is 32.1 Å². The summed E-state index contributed by atoms with van der Waals surface area (Å²) in [5.41, 5.74) is -1.08. The number of aromatic hydroxyl groups is 1. The van der Waals surface area contributed by atoms with Crippen LogP contribution in [0.15, 0.2) is 49.7 Å². The van der Waals surface area contributed by atoms with Crippen LogP contribution in [0, 0.1) is 0 Å². The van der Waals surface area contributed by atoms with Crippen molar-refractivity contribution in [2.45, 2.75) is 71.6 Å². The van der Waals surface area contributed by atoms with Crippen molar-refractivity contribution in [1.29, 1.82) is 0 Å². The van der Waals surface area contributed by atoms with E-state index in [1.165, 1.54) is 18.7 Å². The van der Waals surface area contributed by atoms with E-state index in [2.05, 4.69) is 12.2 Å². The summed E-state index contributed by atoms with van der Waals surface area (Å²) < 4.78 is 11.1. The van der Waals surface area contributed by atoms with Crippen LogP contribution in [0.5, 0.6) is 5.75 Å². The maximum atomic E-state index is 12.8. The number of carbonyl (C=O) groups is 2. The highest BCUT2D eigenvalue weighted by molar-refractivity contribution is 6.11. The Hall–Kier alpha value is -3.55. The highest BCUT2D eigenvalue weighted by Gasteiger charge is 2.22. The van der Waals surface area contributed by atoms with Gasteiger partial charge in [0.25, 0.3) is 0 Å². The van der Waals surface area contributed by atoms with E-state index in [-0.39, 0.29) is 17.3 Å². The van der Waals surface area contributed by atoms with Gasteiger partial charge < -0.3 is 19.0 Å². The number of hydrogen-bond donors (Lipinski definition) is 3. The van der Waals surface area contributed by atoms with Crippen molar-refractivity contribution in [3.05, 3.63) is 69.3 Å². The fourth-order valence-corrected chi connectivity index (χ4v) is 3.46. The molecule has 8 heteroatoms. The summed E-state index contributed by atoms with van der Waals surface area (Å²) in [6, 6.07) is 4.94. The summed E-state index contributed by atoms with van der Waals surface area (Å²) in [5.74, 6) is 0.309. The van der Waals surface area contributed by atoms with Crippen molar-refractivity contribution in [3.8, 4) is 5.75 Å². The van der Waals surface area contributed by atoms with Crippen LogP contribution in [0.3, 0.4) is 0 Å². The molecule has 184 valence electrons. The van der Waals surface area contributed by atoms with Gasteiger partial charge in [0.15, 0.2) is 5.78 Å². The summed E-state index contributed by atoms with van der Waals surface area (Å²) in [4.78, 5) is 35.7. The minimum absolute atomic E-state index is 0.229. The van der Waals surface area contributed by atoms with Crippen LogP contribution in [-0.2, 0) is 6.42 Å². The highest BCUT2D eigenvalue weighted by atomic mass is 16.4. The van der Waals surface area contributed by atoms with Gasteiger partial charge in [-0.25, -0.2) is 9.59 Å². The van der Waals surface area contributed by atoms with Gasteiger partial charge in [-0.05, 0) is 44.4 Å². The van der Waals surface area contributed by atoms with E-state index in [4.69, 9.17) is 13.9 Å². The minimum Gasteiger partial charge on any atom is -0.507 e. The molecule has 3 N–H and O–H groups in total. The Labute approximate surface area is 199 Å². The molecule has 0 bridgehead atoms. The third kappa shape index (κ3) is 8.10. The smallest absolute Gasteiger partial charge is 0.408 e. The van der Waals surface area contributed by atoms with Crippen molar-refractivity contribution in [1.82, 2.24) is 5.32 Å². The largest absolute Gasteiger partial charge is 0.507 e. The molecule has 34 heavy (non-hydrogen) atoms. The van der Waals surface area contributed by atoms with E-state index in [9.17, 15) is 19.5 Å². The summed E-state index contributed by atoms with van der Waals surface area (Å²) in [7, 11) is 0. The zero-order valence-electron chi connectivity index (χ0n) is 19.9. The van der Waals surface area contributed by atoms with Crippen molar-refractivity contribution < 1.29 is 28.6 Å². The zero-order valence-corrected chi connectivity index (χ0v) is 19.9. The number of hydrogen-bond acceptors (Lipinski definition) is 6. The van der Waals surface area contributed by atoms with Gasteiger partial charge in [-0.2, -0.15) is 0 Å². The number of allylic oxidation sites excluding steroid dienone is 2. The summed E-state index contributed by atoms with van der Waals surface area (Å²) in [5, 5.41) is 21.0. The molecule has 2 aromatic rings. The van der Waals surface area contributed by atoms with E-state index >= 15 is 0 Å². The van der Waals surface area contributed by atoms with Gasteiger partial charge in [-0.1, -0.05) is 39.2 Å². The Morgan fingerprint density at radius 3 is 2.62 bits per heavy atom. The number of nitrogens with one attached hydrogen (secondary N) is 1. The summed E-state index contributed by atoms with van der Waals surface area (Å²) >= 11 is 0. The van der Waals surface area contributed by atoms with Crippen molar-refractivity contribution in [2.24, 2.45) is 0 Å². The molecule has 0 aliphatic carbocycles. The molecule has 0 aromatic carbocycles. The summed E-state index contributed by atoms with van der Waals surface area (Å²) in [6.07, 6.45) is 9.78. The SMILES string of the molecule is CCCCCCc1ccc(/C=C(\C)C(=O)c2c(O)cc(C(C)CCC=CNC(=O)O)oc2=O)o1. The number of carbonyl (C=O) groups excluding carboxylic acids is 1. The molecule has 0 aliphatic heterocycles. The third-order valence-corrected chi connectivity index (χ3v) is 5.43. The number of furan rings is 1. The normalized spacial score (nSPS) is 12.7. The van der Waals surface area contributed by atoms with E-state index in [0.717, 1.165) is 31.4 Å². The van der Waals surface area contributed by atoms with Crippen molar-refractivity contribution in [3.63, 3.8) is 0 Å². The molecule has 2 heterocycles. The second-order valence-electron chi connectivity index (χ2n) is 8.30. The molecule has 1 amide bonds. The van der Waals surface area contributed by atoms with E-state index < -0.39 is 28.8 Å². The molecule has 8 nitrogen and oxygen atoms in total. The van der Waals surface area contributed by atoms with Crippen LogP contribution < -0.4 is 10.9 Å². The van der Waals surface area contributed by atoms with E-state index in [0.29, 0.717) is 18.6 Å². The minimum atomic E-state index is -1.15. The van der Waals surface area contributed by atoms with Crippen molar-refractivity contribution in [2.75, 3.05) is 0 Å². The van der Waals surface area contributed by atoms with Gasteiger partial charge in [-0.3, -0.25) is 10.1 Å². The average Bonchev–Trinajstić information content (AvgIpc) is 3.22. The quantitative estimate of drug-likeness (QED) is 0.185. The number of amides is 1. The Morgan fingerprint density at radius 2 is 1.94 bits per heavy atom. The predicted molar refractivity (Wildman–Crippen MR) is 129 cm³/mol. The van der Waals surface area contributed by atoms with Crippen LogP contribution in [0.1, 0.15) is 92.9 Å². The number of carboxylic acid groups (broad SMARTS) is 1. The second-order valence-corrected chi connectivity index (χ2v) is 8.30. The monoisotopic (exact) mass is 471 g/mol. The lowest BCUT2D eigenvalue weighted by molar-refractivity contribution is 0.102. The second kappa shape index (κ2) is 13.2. The van der Waals surface area contributed by atoms with Gasteiger partial charge in [0.1, 0.15) is 28.6 Å². The van der Waals surface area contributed by atoms with Gasteiger partial charge in [0.05, 0.1) is 0 Å². The number of rotatable bonds is 13. The maximum absolute atomic E-state index is 12.8. The first-order valence-electron chi connectivity index (χ1n) is 11.6.